The van der Waals surface area contributed by atoms with Gasteiger partial charge in [-0.2, -0.15) is 10.5 Å². The molecule has 1 saturated heterocycles. The van der Waals surface area contributed by atoms with E-state index in [1.54, 1.807) is 73.5 Å². The van der Waals surface area contributed by atoms with Gasteiger partial charge in [0.05, 0.1) is 35.8 Å². The average molecular weight is 668 g/mol. The van der Waals surface area contributed by atoms with E-state index in [-0.39, 0.29) is 30.5 Å². The Morgan fingerprint density at radius 1 is 0.917 bits per heavy atom. The second kappa shape index (κ2) is 16.4. The van der Waals surface area contributed by atoms with Crippen LogP contribution in [0.1, 0.15) is 47.1 Å². The molecule has 1 aliphatic rings. The summed E-state index contributed by atoms with van der Waals surface area (Å²) in [4.78, 5) is 22.8. The van der Waals surface area contributed by atoms with Crippen LogP contribution >= 0.6 is 12.4 Å². The molecule has 1 unspecified atom stereocenters. The smallest absolute Gasteiger partial charge is 0.235 e. The number of imidazole rings is 2. The lowest BCUT2D eigenvalue weighted by atomic mass is 9.76. The minimum Gasteiger partial charge on any atom is -0.456 e. The van der Waals surface area contributed by atoms with Gasteiger partial charge in [-0.3, -0.25) is 4.79 Å². The summed E-state index contributed by atoms with van der Waals surface area (Å²) in [6.45, 7) is 1.59. The van der Waals surface area contributed by atoms with Crippen LogP contribution < -0.4 is 4.74 Å². The van der Waals surface area contributed by atoms with Crippen molar-refractivity contribution in [2.75, 3.05) is 20.2 Å². The van der Waals surface area contributed by atoms with Crippen LogP contribution in [-0.4, -0.2) is 55.2 Å². The first kappa shape index (κ1) is 35.4. The number of amides is 1. The molecular formula is C36H35ClFN7O3. The maximum atomic E-state index is 13.2. The van der Waals surface area contributed by atoms with Gasteiger partial charge in [0.25, 0.3) is 0 Å². The second-order valence-electron chi connectivity index (χ2n) is 11.4. The van der Waals surface area contributed by atoms with Gasteiger partial charge in [0.15, 0.2) is 0 Å². The standard InChI is InChI=1S/C25H26N4O3.C11H8FN3.ClH/c1-28-11-3-2-9-25(17-30,24(28)31)21-5-4-6-22(14-21)32-23-13-19(7-8-20(23)15-26)16-29-12-10-27-18-29;12-11-5-9(1-2-10(11)6-13)7-15-4-3-14-8-15;/h4-8,10,12-14,18,30H,2-3,9,11,16-17H2,1H3;1-5,8H,7H2;1H. The highest BCUT2D eigenvalue weighted by Gasteiger charge is 2.42. The van der Waals surface area contributed by atoms with Crippen molar-refractivity contribution < 1.29 is 19.0 Å². The molecule has 3 aromatic carbocycles. The van der Waals surface area contributed by atoms with E-state index in [1.165, 1.54) is 12.1 Å². The molecule has 1 fully saturated rings. The van der Waals surface area contributed by atoms with Crippen molar-refractivity contribution in [3.8, 4) is 23.6 Å². The first-order valence-corrected chi connectivity index (χ1v) is 15.1. The Labute approximate surface area is 284 Å². The van der Waals surface area contributed by atoms with Gasteiger partial charge in [0, 0.05) is 51.5 Å². The lowest BCUT2D eigenvalue weighted by Gasteiger charge is -2.32. The molecule has 0 spiro atoms. The van der Waals surface area contributed by atoms with E-state index in [9.17, 15) is 19.6 Å². The predicted molar refractivity (Wildman–Crippen MR) is 179 cm³/mol. The van der Waals surface area contributed by atoms with Gasteiger partial charge in [-0.15, -0.1) is 12.4 Å². The van der Waals surface area contributed by atoms with E-state index in [1.807, 2.05) is 39.6 Å². The lowest BCUT2D eigenvalue weighted by Crippen LogP contribution is -2.46. The third kappa shape index (κ3) is 8.26. The summed E-state index contributed by atoms with van der Waals surface area (Å²) >= 11 is 0. The molecular weight excluding hydrogens is 633 g/mol. The van der Waals surface area contributed by atoms with Crippen LogP contribution in [0.15, 0.2) is 98.1 Å². The SMILES string of the molecule is CN1CCCCC(CO)(c2cccc(Oc3cc(Cn4ccnc4)ccc3C#N)c2)C1=O.Cl.N#Cc1ccc(Cn2ccnc2)cc1F. The van der Waals surface area contributed by atoms with Crippen molar-refractivity contribution in [3.05, 3.63) is 132 Å². The fourth-order valence-corrected chi connectivity index (χ4v) is 5.61. The van der Waals surface area contributed by atoms with Gasteiger partial charge >= 0.3 is 0 Å². The molecule has 10 nitrogen and oxygen atoms in total. The summed E-state index contributed by atoms with van der Waals surface area (Å²) in [6.07, 6.45) is 12.8. The van der Waals surface area contributed by atoms with Crippen molar-refractivity contribution in [2.45, 2.75) is 37.8 Å². The van der Waals surface area contributed by atoms with Crippen LogP contribution in [-0.2, 0) is 23.3 Å². The Balaban J connectivity index is 0.000000273. The number of aliphatic hydroxyl groups excluding tert-OH is 1. The van der Waals surface area contributed by atoms with E-state index in [2.05, 4.69) is 16.0 Å². The number of likely N-dealkylation sites (N-methyl/N-ethyl adjacent to an activating group) is 1. The number of halogens is 2. The number of aromatic nitrogens is 4. The lowest BCUT2D eigenvalue weighted by molar-refractivity contribution is -0.137. The molecule has 0 aliphatic carbocycles. The molecule has 0 saturated carbocycles. The second-order valence-corrected chi connectivity index (χ2v) is 11.4. The zero-order chi connectivity index (χ0) is 33.2. The molecule has 6 rings (SSSR count). The summed E-state index contributed by atoms with van der Waals surface area (Å²) in [7, 11) is 1.78. The zero-order valence-electron chi connectivity index (χ0n) is 26.4. The molecule has 12 heteroatoms. The molecule has 2 aromatic heterocycles. The first-order chi connectivity index (χ1) is 22.8. The molecule has 246 valence electrons. The molecule has 0 radical (unpaired) electrons. The number of likely N-dealkylation sites (tertiary alicyclic amines) is 1. The fraction of sp³-hybridized carbons (Fsp3) is 0.250. The van der Waals surface area contributed by atoms with Crippen LogP contribution in [0, 0.1) is 28.5 Å². The molecule has 0 bridgehead atoms. The number of carbonyl (C=O) groups excluding carboxylic acids is 1. The van der Waals surface area contributed by atoms with E-state index in [4.69, 9.17) is 10.00 Å². The average Bonchev–Trinajstić information content (AvgIpc) is 3.78. The van der Waals surface area contributed by atoms with Crippen molar-refractivity contribution in [1.82, 2.24) is 24.0 Å². The highest BCUT2D eigenvalue weighted by molar-refractivity contribution is 5.88. The molecule has 1 atom stereocenters. The molecule has 5 aromatic rings. The van der Waals surface area contributed by atoms with Gasteiger partial charge in [-0.05, 0) is 65.9 Å². The monoisotopic (exact) mass is 667 g/mol. The molecule has 1 N–H and O–H groups in total. The Hall–Kier alpha value is -5.49. The number of rotatable bonds is 8. The summed E-state index contributed by atoms with van der Waals surface area (Å²) in [5.74, 6) is 0.417. The quantitative estimate of drug-likeness (QED) is 0.220. The van der Waals surface area contributed by atoms with Crippen molar-refractivity contribution in [3.63, 3.8) is 0 Å². The maximum absolute atomic E-state index is 13.2. The van der Waals surface area contributed by atoms with Crippen molar-refractivity contribution in [1.29, 1.82) is 10.5 Å². The predicted octanol–water partition coefficient (Wildman–Crippen LogP) is 5.83. The van der Waals surface area contributed by atoms with E-state index < -0.39 is 11.2 Å². The fourth-order valence-electron chi connectivity index (χ4n) is 5.61. The van der Waals surface area contributed by atoms with Gasteiger partial charge < -0.3 is 23.9 Å². The molecule has 1 amide bonds. The number of hydrogen-bond acceptors (Lipinski definition) is 7. The summed E-state index contributed by atoms with van der Waals surface area (Å²) in [6, 6.07) is 21.3. The van der Waals surface area contributed by atoms with Crippen molar-refractivity contribution in [2.24, 2.45) is 0 Å². The van der Waals surface area contributed by atoms with Crippen LogP contribution in [0.4, 0.5) is 4.39 Å². The van der Waals surface area contributed by atoms with Crippen LogP contribution in [0.2, 0.25) is 0 Å². The summed E-state index contributed by atoms with van der Waals surface area (Å²) in [5, 5.41) is 28.4. The number of benzene rings is 3. The number of hydrogen-bond donors (Lipinski definition) is 1. The van der Waals surface area contributed by atoms with Crippen LogP contribution in [0.3, 0.4) is 0 Å². The largest absolute Gasteiger partial charge is 0.456 e. The Morgan fingerprint density at radius 2 is 1.56 bits per heavy atom. The Kier molecular flexibility index (Phi) is 12.1. The number of aliphatic hydroxyl groups is 1. The van der Waals surface area contributed by atoms with Gasteiger partial charge in [-0.1, -0.05) is 30.7 Å². The number of nitriles is 2. The number of nitrogens with zero attached hydrogens (tertiary/aromatic N) is 7. The van der Waals surface area contributed by atoms with Crippen LogP contribution in [0.5, 0.6) is 11.5 Å². The molecule has 48 heavy (non-hydrogen) atoms. The highest BCUT2D eigenvalue weighted by atomic mass is 35.5. The van der Waals surface area contributed by atoms with Crippen LogP contribution in [0.25, 0.3) is 0 Å². The molecule has 3 heterocycles. The van der Waals surface area contributed by atoms with Gasteiger partial charge in [0.2, 0.25) is 5.91 Å². The van der Waals surface area contributed by atoms with E-state index >= 15 is 0 Å². The number of carbonyl (C=O) groups is 1. The van der Waals surface area contributed by atoms with Crippen molar-refractivity contribution >= 4 is 18.3 Å². The minimum atomic E-state index is -0.980. The van der Waals surface area contributed by atoms with Gasteiger partial charge in [0.1, 0.15) is 29.5 Å². The number of ether oxygens (including phenoxy) is 1. The third-order valence-electron chi connectivity index (χ3n) is 8.16. The normalized spacial score (nSPS) is 15.6. The highest BCUT2D eigenvalue weighted by Crippen LogP contribution is 2.37. The minimum absolute atomic E-state index is 0. The first-order valence-electron chi connectivity index (χ1n) is 15.1. The molecule has 1 aliphatic heterocycles. The third-order valence-corrected chi connectivity index (χ3v) is 8.16. The Morgan fingerprint density at radius 3 is 2.15 bits per heavy atom. The maximum Gasteiger partial charge on any atom is 0.235 e. The summed E-state index contributed by atoms with van der Waals surface area (Å²) in [5.41, 5.74) is 2.03. The topological polar surface area (TPSA) is 133 Å². The summed E-state index contributed by atoms with van der Waals surface area (Å²) < 4.78 is 23.1. The van der Waals surface area contributed by atoms with E-state index in [0.29, 0.717) is 43.1 Å². The zero-order valence-corrected chi connectivity index (χ0v) is 27.2. The van der Waals surface area contributed by atoms with Gasteiger partial charge in [-0.25, -0.2) is 14.4 Å². The van der Waals surface area contributed by atoms with E-state index in [0.717, 1.165) is 29.5 Å². The Bertz CT molecular complexity index is 1900.